The summed E-state index contributed by atoms with van der Waals surface area (Å²) >= 11 is 0. The van der Waals surface area contributed by atoms with Crippen LogP contribution in [0.1, 0.15) is 46.1 Å². The van der Waals surface area contributed by atoms with Gasteiger partial charge in [0.15, 0.2) is 11.6 Å². The highest BCUT2D eigenvalue weighted by Crippen LogP contribution is 2.36. The van der Waals surface area contributed by atoms with E-state index in [2.05, 4.69) is 10.3 Å². The number of nitrogens with one attached hydrogen (secondary N) is 1. The summed E-state index contributed by atoms with van der Waals surface area (Å²) in [7, 11) is 0. The zero-order valence-corrected chi connectivity index (χ0v) is 14.4. The van der Waals surface area contributed by atoms with E-state index in [0.717, 1.165) is 12.1 Å². The van der Waals surface area contributed by atoms with Crippen molar-refractivity contribution < 1.29 is 27.1 Å². The van der Waals surface area contributed by atoms with Crippen LogP contribution in [0, 0.1) is 13.8 Å². The number of benzene rings is 1. The predicted molar refractivity (Wildman–Crippen MR) is 86.6 cm³/mol. The quantitative estimate of drug-likeness (QED) is 0.896. The third-order valence-corrected chi connectivity index (χ3v) is 4.56. The Kier molecular flexibility index (Phi) is 4.79. The molecule has 140 valence electrons. The minimum Gasteiger partial charge on any atom is -0.445 e. The number of halogens is 3. The molecule has 0 radical (unpaired) electrons. The van der Waals surface area contributed by atoms with E-state index in [1.807, 2.05) is 0 Å². The van der Waals surface area contributed by atoms with Crippen LogP contribution in [0.2, 0.25) is 0 Å². The normalized spacial score (nSPS) is 17.1. The highest BCUT2D eigenvalue weighted by molar-refractivity contribution is 5.93. The van der Waals surface area contributed by atoms with Crippen LogP contribution >= 0.6 is 0 Å². The van der Waals surface area contributed by atoms with Gasteiger partial charge in [0.25, 0.3) is 5.91 Å². The van der Waals surface area contributed by atoms with Crippen molar-refractivity contribution in [2.45, 2.75) is 38.4 Å². The van der Waals surface area contributed by atoms with E-state index in [4.69, 9.17) is 9.15 Å². The molecule has 5 nitrogen and oxygen atoms in total. The lowest BCUT2D eigenvalue weighted by atomic mass is 9.81. The second kappa shape index (κ2) is 6.75. The average Bonchev–Trinajstić information content (AvgIpc) is 2.93. The molecule has 1 aliphatic heterocycles. The third kappa shape index (κ3) is 3.60. The van der Waals surface area contributed by atoms with Crippen molar-refractivity contribution in [1.29, 1.82) is 0 Å². The molecule has 3 rings (SSSR count). The third-order valence-electron chi connectivity index (χ3n) is 4.56. The van der Waals surface area contributed by atoms with Gasteiger partial charge in [0.05, 0.1) is 11.1 Å². The van der Waals surface area contributed by atoms with E-state index in [1.54, 1.807) is 19.9 Å². The molecular weight excluding hydrogens is 349 g/mol. The minimum atomic E-state index is -4.45. The highest BCUT2D eigenvalue weighted by atomic mass is 19.4. The number of aryl methyl sites for hydroxylation is 2. The largest absolute Gasteiger partial charge is 0.445 e. The molecule has 0 bridgehead atoms. The number of carbonyl (C=O) groups is 1. The first-order chi connectivity index (χ1) is 12.2. The van der Waals surface area contributed by atoms with E-state index >= 15 is 0 Å². The van der Waals surface area contributed by atoms with Gasteiger partial charge in [0.2, 0.25) is 0 Å². The molecule has 2 heterocycles. The maximum absolute atomic E-state index is 13.1. The second-order valence-electron chi connectivity index (χ2n) is 6.36. The van der Waals surface area contributed by atoms with E-state index in [9.17, 15) is 18.0 Å². The van der Waals surface area contributed by atoms with Crippen LogP contribution in [0.3, 0.4) is 0 Å². The van der Waals surface area contributed by atoms with Gasteiger partial charge in [-0.15, -0.1) is 0 Å². The van der Waals surface area contributed by atoms with E-state index < -0.39 is 23.2 Å². The van der Waals surface area contributed by atoms with Crippen molar-refractivity contribution in [1.82, 2.24) is 10.3 Å². The topological polar surface area (TPSA) is 64.4 Å². The first-order valence-electron chi connectivity index (χ1n) is 8.23. The van der Waals surface area contributed by atoms with E-state index in [1.165, 1.54) is 6.07 Å². The number of amides is 1. The molecule has 2 aromatic rings. The van der Waals surface area contributed by atoms with Crippen LogP contribution in [0.15, 0.2) is 28.7 Å². The van der Waals surface area contributed by atoms with Gasteiger partial charge in [-0.25, -0.2) is 4.98 Å². The molecule has 1 aliphatic rings. The highest BCUT2D eigenvalue weighted by Gasteiger charge is 2.39. The molecule has 1 aromatic carbocycles. The molecule has 1 saturated heterocycles. The number of aromatic nitrogens is 1. The number of oxazole rings is 1. The monoisotopic (exact) mass is 368 g/mol. The van der Waals surface area contributed by atoms with E-state index in [0.29, 0.717) is 43.3 Å². The lowest BCUT2D eigenvalue weighted by molar-refractivity contribution is -0.137. The Hall–Kier alpha value is -2.35. The van der Waals surface area contributed by atoms with Crippen LogP contribution in [-0.4, -0.2) is 24.1 Å². The van der Waals surface area contributed by atoms with Crippen LogP contribution in [0.4, 0.5) is 13.2 Å². The number of hydrogen-bond acceptors (Lipinski definition) is 4. The summed E-state index contributed by atoms with van der Waals surface area (Å²) in [6, 6.07) is 5.06. The molecule has 0 unspecified atom stereocenters. The lowest BCUT2D eigenvalue weighted by Gasteiger charge is -2.38. The van der Waals surface area contributed by atoms with Crippen LogP contribution in [0.25, 0.3) is 0 Å². The van der Waals surface area contributed by atoms with Gasteiger partial charge in [0, 0.05) is 20.1 Å². The molecule has 8 heteroatoms. The number of alkyl halides is 3. The summed E-state index contributed by atoms with van der Waals surface area (Å²) < 4.78 is 50.0. The molecule has 0 aliphatic carbocycles. The Bertz CT molecular complexity index is 808. The van der Waals surface area contributed by atoms with Gasteiger partial charge in [-0.1, -0.05) is 12.1 Å². The van der Waals surface area contributed by atoms with E-state index in [-0.39, 0.29) is 5.69 Å². The van der Waals surface area contributed by atoms with Gasteiger partial charge in [0.1, 0.15) is 5.76 Å². The minimum absolute atomic E-state index is 0.139. The molecule has 1 amide bonds. The molecule has 0 spiro atoms. The summed E-state index contributed by atoms with van der Waals surface area (Å²) in [6.07, 6.45) is -3.71. The Balaban J connectivity index is 1.97. The first-order valence-corrected chi connectivity index (χ1v) is 8.23. The molecule has 1 aromatic heterocycles. The molecule has 0 atom stereocenters. The Labute approximate surface area is 148 Å². The van der Waals surface area contributed by atoms with Crippen molar-refractivity contribution in [2.75, 3.05) is 13.2 Å². The van der Waals surface area contributed by atoms with Crippen molar-refractivity contribution in [2.24, 2.45) is 0 Å². The maximum Gasteiger partial charge on any atom is 0.416 e. The number of carbonyl (C=O) groups excluding carboxylic acids is 1. The number of ether oxygens (including phenoxy) is 1. The summed E-state index contributed by atoms with van der Waals surface area (Å²) in [4.78, 5) is 16.8. The smallest absolute Gasteiger partial charge is 0.416 e. The molecular formula is C18H19F3N2O3. The van der Waals surface area contributed by atoms with Crippen molar-refractivity contribution in [3.63, 3.8) is 0 Å². The fourth-order valence-electron chi connectivity index (χ4n) is 3.21. The van der Waals surface area contributed by atoms with Crippen LogP contribution in [-0.2, 0) is 16.5 Å². The number of hydrogen-bond donors (Lipinski definition) is 1. The summed E-state index contributed by atoms with van der Waals surface area (Å²) in [6.45, 7) is 3.93. The zero-order chi connectivity index (χ0) is 18.9. The van der Waals surface area contributed by atoms with Gasteiger partial charge >= 0.3 is 6.18 Å². The second-order valence-corrected chi connectivity index (χ2v) is 6.36. The van der Waals surface area contributed by atoms with Crippen molar-refractivity contribution in [3.05, 3.63) is 52.7 Å². The number of rotatable bonds is 3. The standard InChI is InChI=1S/C18H19F3N2O3/c1-11-15(22-12(2)26-11)16(24)23-17(6-8-25-9-7-17)13-4-3-5-14(10-13)18(19,20)21/h3-5,10H,6-9H2,1-2H3,(H,23,24). The van der Waals surface area contributed by atoms with Crippen LogP contribution < -0.4 is 5.32 Å². The maximum atomic E-state index is 13.1. The fourth-order valence-corrected chi connectivity index (χ4v) is 3.21. The van der Waals surface area contributed by atoms with Gasteiger partial charge < -0.3 is 14.5 Å². The molecule has 0 saturated carbocycles. The summed E-state index contributed by atoms with van der Waals surface area (Å²) in [5.74, 6) is 0.248. The summed E-state index contributed by atoms with van der Waals surface area (Å²) in [5.41, 5.74) is -1.15. The Morgan fingerprint density at radius 2 is 1.92 bits per heavy atom. The van der Waals surface area contributed by atoms with Gasteiger partial charge in [-0.2, -0.15) is 13.2 Å². The van der Waals surface area contributed by atoms with Crippen molar-refractivity contribution in [3.8, 4) is 0 Å². The molecule has 1 fully saturated rings. The first kappa shape index (κ1) is 18.4. The zero-order valence-electron chi connectivity index (χ0n) is 14.4. The summed E-state index contributed by atoms with van der Waals surface area (Å²) in [5, 5.41) is 2.89. The molecule has 1 N–H and O–H groups in total. The Morgan fingerprint density at radius 3 is 2.50 bits per heavy atom. The van der Waals surface area contributed by atoms with Crippen molar-refractivity contribution >= 4 is 5.91 Å². The lowest BCUT2D eigenvalue weighted by Crippen LogP contribution is -2.49. The average molecular weight is 368 g/mol. The van der Waals surface area contributed by atoms with Gasteiger partial charge in [-0.3, -0.25) is 4.79 Å². The fraction of sp³-hybridized carbons (Fsp3) is 0.444. The predicted octanol–water partition coefficient (Wildman–Crippen LogP) is 3.75. The van der Waals surface area contributed by atoms with Gasteiger partial charge in [-0.05, 0) is 37.5 Å². The number of nitrogens with zero attached hydrogens (tertiary/aromatic N) is 1. The molecule has 26 heavy (non-hydrogen) atoms. The van der Waals surface area contributed by atoms with Crippen LogP contribution in [0.5, 0.6) is 0 Å². The Morgan fingerprint density at radius 1 is 1.23 bits per heavy atom. The SMILES string of the molecule is Cc1nc(C(=O)NC2(c3cccc(C(F)(F)F)c3)CCOCC2)c(C)o1.